The monoisotopic (exact) mass is 214 g/mol. The van der Waals surface area contributed by atoms with Gasteiger partial charge >= 0.3 is 0 Å². The summed E-state index contributed by atoms with van der Waals surface area (Å²) in [7, 11) is 0. The Morgan fingerprint density at radius 3 is 2.57 bits per heavy atom. The van der Waals surface area contributed by atoms with Crippen LogP contribution in [0.2, 0.25) is 0 Å². The fourth-order valence-corrected chi connectivity index (χ4v) is 1.34. The van der Waals surface area contributed by atoms with Gasteiger partial charge in [-0.1, -0.05) is 20.8 Å². The molecular weight excluding hydrogens is 200 g/mol. The molecule has 1 aromatic heterocycles. The molecule has 1 aromatic rings. The Bertz CT molecular complexity index is 365. The molecule has 14 heavy (non-hydrogen) atoms. The largest absolute Gasteiger partial charge is 0.310 e. The number of aromatic amines is 1. The molecular formula is C10H15ClN2O. The van der Waals surface area contributed by atoms with Gasteiger partial charge in [-0.25, -0.2) is 4.98 Å². The summed E-state index contributed by atoms with van der Waals surface area (Å²) < 4.78 is 0. The third-order valence-electron chi connectivity index (χ3n) is 1.77. The highest BCUT2D eigenvalue weighted by Crippen LogP contribution is 2.17. The van der Waals surface area contributed by atoms with E-state index in [1.807, 2.05) is 0 Å². The normalized spacial score (nSPS) is 11.7. The Kier molecular flexibility index (Phi) is 3.32. The summed E-state index contributed by atoms with van der Waals surface area (Å²) in [6.45, 7) is 6.30. The molecule has 0 saturated carbocycles. The quantitative estimate of drug-likeness (QED) is 0.767. The number of rotatable bonds is 2. The van der Waals surface area contributed by atoms with Crippen LogP contribution in [-0.4, -0.2) is 9.97 Å². The molecule has 0 amide bonds. The number of nitrogens with one attached hydrogen (secondary N) is 1. The molecule has 0 aromatic carbocycles. The van der Waals surface area contributed by atoms with Crippen molar-refractivity contribution in [3.63, 3.8) is 0 Å². The van der Waals surface area contributed by atoms with Crippen molar-refractivity contribution in [1.82, 2.24) is 9.97 Å². The maximum atomic E-state index is 11.4. The van der Waals surface area contributed by atoms with Crippen molar-refractivity contribution in [3.05, 3.63) is 27.9 Å². The first-order chi connectivity index (χ1) is 6.42. The summed E-state index contributed by atoms with van der Waals surface area (Å²) in [6, 6.07) is 0. The van der Waals surface area contributed by atoms with Crippen molar-refractivity contribution in [2.24, 2.45) is 5.41 Å². The van der Waals surface area contributed by atoms with Crippen LogP contribution in [0.1, 0.15) is 32.2 Å². The zero-order chi connectivity index (χ0) is 10.8. The van der Waals surface area contributed by atoms with E-state index < -0.39 is 0 Å². The van der Waals surface area contributed by atoms with Gasteiger partial charge in [-0.3, -0.25) is 4.79 Å². The lowest BCUT2D eigenvalue weighted by atomic mass is 9.92. The molecule has 78 valence electrons. The van der Waals surface area contributed by atoms with E-state index in [1.54, 1.807) is 6.20 Å². The van der Waals surface area contributed by atoms with E-state index in [2.05, 4.69) is 30.7 Å². The second-order valence-corrected chi connectivity index (χ2v) is 4.82. The van der Waals surface area contributed by atoms with Crippen molar-refractivity contribution in [1.29, 1.82) is 0 Å². The SMILES string of the molecule is CC(C)(C)Cc1ncc(CCl)c(=O)[nH]1. The Hall–Kier alpha value is -0.830. The minimum absolute atomic E-state index is 0.123. The lowest BCUT2D eigenvalue weighted by molar-refractivity contribution is 0.400. The van der Waals surface area contributed by atoms with E-state index in [-0.39, 0.29) is 16.9 Å². The summed E-state index contributed by atoms with van der Waals surface area (Å²) in [5.74, 6) is 0.925. The summed E-state index contributed by atoms with van der Waals surface area (Å²) >= 11 is 5.56. The number of halogens is 1. The molecule has 0 radical (unpaired) electrons. The molecule has 3 nitrogen and oxygen atoms in total. The van der Waals surface area contributed by atoms with E-state index in [0.29, 0.717) is 5.56 Å². The molecule has 1 heterocycles. The summed E-state index contributed by atoms with van der Waals surface area (Å²) in [5, 5.41) is 0. The predicted molar refractivity (Wildman–Crippen MR) is 57.6 cm³/mol. The predicted octanol–water partition coefficient (Wildman–Crippen LogP) is 2.10. The third kappa shape index (κ3) is 3.14. The molecule has 0 aliphatic heterocycles. The highest BCUT2D eigenvalue weighted by molar-refractivity contribution is 6.16. The number of nitrogens with zero attached hydrogens (tertiary/aromatic N) is 1. The Labute approximate surface area is 88.5 Å². The van der Waals surface area contributed by atoms with Crippen LogP contribution in [0.25, 0.3) is 0 Å². The van der Waals surface area contributed by atoms with Crippen LogP contribution in [0.5, 0.6) is 0 Å². The van der Waals surface area contributed by atoms with E-state index in [4.69, 9.17) is 11.6 Å². The van der Waals surface area contributed by atoms with Gasteiger partial charge in [0, 0.05) is 12.6 Å². The van der Waals surface area contributed by atoms with Crippen molar-refractivity contribution >= 4 is 11.6 Å². The van der Waals surface area contributed by atoms with Gasteiger partial charge in [0.05, 0.1) is 11.4 Å². The van der Waals surface area contributed by atoms with E-state index >= 15 is 0 Å². The molecule has 1 N–H and O–H groups in total. The van der Waals surface area contributed by atoms with Gasteiger partial charge < -0.3 is 4.98 Å². The lowest BCUT2D eigenvalue weighted by Gasteiger charge is -2.16. The maximum absolute atomic E-state index is 11.4. The molecule has 0 unspecified atom stereocenters. The van der Waals surface area contributed by atoms with Crippen molar-refractivity contribution < 1.29 is 0 Å². The van der Waals surface area contributed by atoms with E-state index in [1.165, 1.54) is 0 Å². The standard InChI is InChI=1S/C10H15ClN2O/c1-10(2,3)4-8-12-6-7(5-11)9(14)13-8/h6H,4-5H2,1-3H3,(H,12,13,14). The molecule has 0 fully saturated rings. The fourth-order valence-electron chi connectivity index (χ4n) is 1.15. The number of alkyl halides is 1. The number of hydrogen-bond donors (Lipinski definition) is 1. The van der Waals surface area contributed by atoms with Gasteiger partial charge in [0.2, 0.25) is 0 Å². The first kappa shape index (κ1) is 11.2. The molecule has 0 atom stereocenters. The molecule has 0 spiro atoms. The summed E-state index contributed by atoms with van der Waals surface area (Å²) in [6.07, 6.45) is 2.30. The fraction of sp³-hybridized carbons (Fsp3) is 0.600. The number of aromatic nitrogens is 2. The minimum Gasteiger partial charge on any atom is -0.310 e. The van der Waals surface area contributed by atoms with Crippen LogP contribution >= 0.6 is 11.6 Å². The molecule has 0 saturated heterocycles. The van der Waals surface area contributed by atoms with Crippen molar-refractivity contribution in [2.75, 3.05) is 0 Å². The average Bonchev–Trinajstić information content (AvgIpc) is 2.01. The summed E-state index contributed by atoms with van der Waals surface area (Å²) in [4.78, 5) is 18.3. The molecule has 0 bridgehead atoms. The first-order valence-electron chi connectivity index (χ1n) is 4.55. The minimum atomic E-state index is -0.130. The Morgan fingerprint density at radius 2 is 2.14 bits per heavy atom. The smallest absolute Gasteiger partial charge is 0.255 e. The van der Waals surface area contributed by atoms with Crippen LogP contribution < -0.4 is 5.56 Å². The van der Waals surface area contributed by atoms with Crippen LogP contribution in [0, 0.1) is 5.41 Å². The molecule has 4 heteroatoms. The number of hydrogen-bond acceptors (Lipinski definition) is 2. The second kappa shape index (κ2) is 4.13. The topological polar surface area (TPSA) is 45.8 Å². The summed E-state index contributed by atoms with van der Waals surface area (Å²) in [5.41, 5.74) is 0.511. The van der Waals surface area contributed by atoms with Crippen LogP contribution in [0.3, 0.4) is 0 Å². The third-order valence-corrected chi connectivity index (χ3v) is 2.06. The highest BCUT2D eigenvalue weighted by Gasteiger charge is 2.13. The van der Waals surface area contributed by atoms with Crippen molar-refractivity contribution in [2.45, 2.75) is 33.1 Å². The van der Waals surface area contributed by atoms with E-state index in [9.17, 15) is 4.79 Å². The molecule has 0 aliphatic carbocycles. The zero-order valence-corrected chi connectivity index (χ0v) is 9.48. The van der Waals surface area contributed by atoms with Crippen molar-refractivity contribution in [3.8, 4) is 0 Å². The van der Waals surface area contributed by atoms with Crippen LogP contribution in [0.4, 0.5) is 0 Å². The van der Waals surface area contributed by atoms with Gasteiger partial charge in [-0.15, -0.1) is 11.6 Å². The maximum Gasteiger partial charge on any atom is 0.255 e. The molecule has 0 aliphatic rings. The van der Waals surface area contributed by atoms with Gasteiger partial charge in [-0.05, 0) is 5.41 Å². The number of H-pyrrole nitrogens is 1. The zero-order valence-electron chi connectivity index (χ0n) is 8.72. The lowest BCUT2D eigenvalue weighted by Crippen LogP contribution is -2.19. The Balaban J connectivity index is 2.93. The van der Waals surface area contributed by atoms with E-state index in [0.717, 1.165) is 12.2 Å². The highest BCUT2D eigenvalue weighted by atomic mass is 35.5. The average molecular weight is 215 g/mol. The van der Waals surface area contributed by atoms with Gasteiger partial charge in [0.25, 0.3) is 5.56 Å². The first-order valence-corrected chi connectivity index (χ1v) is 5.09. The van der Waals surface area contributed by atoms with Gasteiger partial charge in [0.15, 0.2) is 0 Å². The van der Waals surface area contributed by atoms with Gasteiger partial charge in [0.1, 0.15) is 5.82 Å². The van der Waals surface area contributed by atoms with Crippen LogP contribution in [-0.2, 0) is 12.3 Å². The molecule has 1 rings (SSSR count). The second-order valence-electron chi connectivity index (χ2n) is 4.56. The van der Waals surface area contributed by atoms with Gasteiger partial charge in [-0.2, -0.15) is 0 Å². The van der Waals surface area contributed by atoms with Crippen LogP contribution in [0.15, 0.2) is 11.0 Å². The Morgan fingerprint density at radius 1 is 1.50 bits per heavy atom.